The van der Waals surface area contributed by atoms with E-state index < -0.39 is 28.7 Å². The first kappa shape index (κ1) is 14.6. The molecule has 0 unspecified atom stereocenters. The molecule has 0 saturated heterocycles. The molecule has 0 rings (SSSR count). The quantitative estimate of drug-likeness (QED) is 0.540. The summed E-state index contributed by atoms with van der Waals surface area (Å²) in [5, 5.41) is 2.09. The molecule has 0 heterocycles. The van der Waals surface area contributed by atoms with E-state index in [9.17, 15) is 26.0 Å². The fourth-order valence-corrected chi connectivity index (χ4v) is 1.46. The maximum Gasteiger partial charge on any atom is 0.319 e. The lowest BCUT2D eigenvalue weighted by molar-refractivity contribution is -0.125. The summed E-state index contributed by atoms with van der Waals surface area (Å²) in [7, 11) is -3.13. The minimum Gasteiger partial charge on any atom is -0.311 e. The average Bonchev–Trinajstić information content (AvgIpc) is 2.00. The van der Waals surface area contributed by atoms with Crippen molar-refractivity contribution >= 4 is 9.84 Å². The number of halogens is 4. The smallest absolute Gasteiger partial charge is 0.311 e. The van der Waals surface area contributed by atoms with Crippen LogP contribution in [0.15, 0.2) is 0 Å². The minimum absolute atomic E-state index is 0.0324. The van der Waals surface area contributed by atoms with Gasteiger partial charge in [0.25, 0.3) is 0 Å². The maximum absolute atomic E-state index is 12.3. The Hall–Kier alpha value is -0.370. The highest BCUT2D eigenvalue weighted by molar-refractivity contribution is 7.90. The third-order valence-electron chi connectivity index (χ3n) is 1.55. The summed E-state index contributed by atoms with van der Waals surface area (Å²) in [4.78, 5) is 0. The molecule has 0 aromatic heterocycles. The normalized spacial score (nSPS) is 13.5. The zero-order valence-corrected chi connectivity index (χ0v) is 8.96. The molecule has 0 aliphatic rings. The lowest BCUT2D eigenvalue weighted by atomic mass is 10.3. The van der Waals surface area contributed by atoms with Gasteiger partial charge in [0.05, 0.1) is 12.3 Å². The molecular weight excluding hydrogens is 238 g/mol. The van der Waals surface area contributed by atoms with Crippen molar-refractivity contribution in [2.75, 3.05) is 25.1 Å². The summed E-state index contributed by atoms with van der Waals surface area (Å²) >= 11 is 0. The van der Waals surface area contributed by atoms with Crippen LogP contribution in [0.3, 0.4) is 0 Å². The Morgan fingerprint density at radius 3 is 2.27 bits per heavy atom. The van der Waals surface area contributed by atoms with Crippen LogP contribution in [0.4, 0.5) is 17.6 Å². The summed E-state index contributed by atoms with van der Waals surface area (Å²) in [6.45, 7) is -1.18. The molecule has 0 bridgehead atoms. The molecule has 15 heavy (non-hydrogen) atoms. The SMILES string of the molecule is CS(=O)(=O)CCCNCC(F)(F)C(F)F. The van der Waals surface area contributed by atoms with E-state index in [1.54, 1.807) is 0 Å². The van der Waals surface area contributed by atoms with E-state index in [0.29, 0.717) is 0 Å². The van der Waals surface area contributed by atoms with E-state index in [2.05, 4.69) is 5.32 Å². The van der Waals surface area contributed by atoms with E-state index in [1.165, 1.54) is 0 Å². The van der Waals surface area contributed by atoms with Gasteiger partial charge in [0.2, 0.25) is 0 Å². The zero-order valence-electron chi connectivity index (χ0n) is 8.14. The van der Waals surface area contributed by atoms with Gasteiger partial charge in [-0.15, -0.1) is 0 Å². The highest BCUT2D eigenvalue weighted by Crippen LogP contribution is 2.21. The second-order valence-corrected chi connectivity index (χ2v) is 5.48. The molecule has 0 radical (unpaired) electrons. The predicted octanol–water partition coefficient (Wildman–Crippen LogP) is 0.911. The van der Waals surface area contributed by atoms with Gasteiger partial charge in [-0.05, 0) is 13.0 Å². The zero-order chi connectivity index (χ0) is 12.1. The summed E-state index contributed by atoms with van der Waals surface area (Å²) in [6, 6.07) is 0. The average molecular weight is 251 g/mol. The van der Waals surface area contributed by atoms with Gasteiger partial charge < -0.3 is 5.32 Å². The maximum atomic E-state index is 12.3. The van der Waals surface area contributed by atoms with Crippen LogP contribution in [0.25, 0.3) is 0 Å². The van der Waals surface area contributed by atoms with Gasteiger partial charge in [-0.2, -0.15) is 8.78 Å². The topological polar surface area (TPSA) is 46.2 Å². The van der Waals surface area contributed by atoms with Crippen molar-refractivity contribution in [2.24, 2.45) is 0 Å². The Bertz CT molecular complexity index is 279. The third kappa shape index (κ3) is 7.55. The standard InChI is InChI=1S/C7H13F4NO2S/c1-15(13,14)4-2-3-12-5-7(10,11)6(8)9/h6,12H,2-5H2,1H3. The van der Waals surface area contributed by atoms with Crippen LogP contribution in [0.1, 0.15) is 6.42 Å². The Kier molecular flexibility index (Phi) is 5.50. The van der Waals surface area contributed by atoms with Crippen LogP contribution in [0, 0.1) is 0 Å². The van der Waals surface area contributed by atoms with Gasteiger partial charge in [0, 0.05) is 6.26 Å². The summed E-state index contributed by atoms with van der Waals surface area (Å²) in [6.07, 6.45) is -2.57. The molecule has 0 amide bonds. The Labute approximate surface area is 85.8 Å². The fraction of sp³-hybridized carbons (Fsp3) is 1.00. The molecule has 8 heteroatoms. The van der Waals surface area contributed by atoms with Crippen molar-refractivity contribution in [1.82, 2.24) is 5.32 Å². The van der Waals surface area contributed by atoms with Crippen molar-refractivity contribution in [1.29, 1.82) is 0 Å². The number of hydrogen-bond donors (Lipinski definition) is 1. The molecule has 0 aromatic carbocycles. The molecule has 0 saturated carbocycles. The van der Waals surface area contributed by atoms with Crippen LogP contribution in [0.2, 0.25) is 0 Å². The van der Waals surface area contributed by atoms with E-state index in [1.807, 2.05) is 0 Å². The van der Waals surface area contributed by atoms with Crippen LogP contribution >= 0.6 is 0 Å². The lowest BCUT2D eigenvalue weighted by Crippen LogP contribution is -2.39. The number of alkyl halides is 4. The molecule has 0 aliphatic heterocycles. The molecule has 0 aromatic rings. The van der Waals surface area contributed by atoms with Crippen molar-refractivity contribution in [3.63, 3.8) is 0 Å². The Morgan fingerprint density at radius 2 is 1.87 bits per heavy atom. The van der Waals surface area contributed by atoms with Crippen molar-refractivity contribution in [2.45, 2.75) is 18.8 Å². The minimum atomic E-state index is -4.06. The van der Waals surface area contributed by atoms with Crippen molar-refractivity contribution in [3.05, 3.63) is 0 Å². The molecule has 92 valence electrons. The molecule has 3 nitrogen and oxygen atoms in total. The summed E-state index contributed by atoms with van der Waals surface area (Å²) < 4.78 is 69.0. The van der Waals surface area contributed by atoms with Gasteiger partial charge in [-0.1, -0.05) is 0 Å². The Morgan fingerprint density at radius 1 is 1.33 bits per heavy atom. The van der Waals surface area contributed by atoms with Crippen LogP contribution in [-0.2, 0) is 9.84 Å². The lowest BCUT2D eigenvalue weighted by Gasteiger charge is -2.15. The molecule has 0 spiro atoms. The van der Waals surface area contributed by atoms with Gasteiger partial charge in [0.1, 0.15) is 9.84 Å². The van der Waals surface area contributed by atoms with Crippen LogP contribution in [0.5, 0.6) is 0 Å². The van der Waals surface area contributed by atoms with Crippen molar-refractivity contribution < 1.29 is 26.0 Å². The Balaban J connectivity index is 3.64. The van der Waals surface area contributed by atoms with E-state index in [-0.39, 0.29) is 18.7 Å². The molecule has 0 aliphatic carbocycles. The molecule has 0 fully saturated rings. The van der Waals surface area contributed by atoms with Gasteiger partial charge >= 0.3 is 12.3 Å². The van der Waals surface area contributed by atoms with E-state index >= 15 is 0 Å². The second-order valence-electron chi connectivity index (χ2n) is 3.22. The molecular formula is C7H13F4NO2S. The van der Waals surface area contributed by atoms with Crippen LogP contribution in [-0.4, -0.2) is 45.9 Å². The first-order valence-electron chi connectivity index (χ1n) is 4.19. The largest absolute Gasteiger partial charge is 0.319 e. The highest BCUT2D eigenvalue weighted by atomic mass is 32.2. The molecule has 0 atom stereocenters. The number of sulfone groups is 1. The first-order chi connectivity index (χ1) is 6.65. The second kappa shape index (κ2) is 5.64. The number of hydrogen-bond acceptors (Lipinski definition) is 3. The van der Waals surface area contributed by atoms with E-state index in [4.69, 9.17) is 0 Å². The van der Waals surface area contributed by atoms with Crippen LogP contribution < -0.4 is 5.32 Å². The summed E-state index contributed by atoms with van der Waals surface area (Å²) in [5.41, 5.74) is 0. The summed E-state index contributed by atoms with van der Waals surface area (Å²) in [5.74, 6) is -4.22. The predicted molar refractivity (Wildman–Crippen MR) is 48.1 cm³/mol. The van der Waals surface area contributed by atoms with Gasteiger partial charge in [0.15, 0.2) is 0 Å². The monoisotopic (exact) mass is 251 g/mol. The van der Waals surface area contributed by atoms with E-state index in [0.717, 1.165) is 6.26 Å². The highest BCUT2D eigenvalue weighted by Gasteiger charge is 2.39. The first-order valence-corrected chi connectivity index (χ1v) is 6.25. The van der Waals surface area contributed by atoms with Gasteiger partial charge in [-0.3, -0.25) is 0 Å². The fourth-order valence-electron chi connectivity index (χ4n) is 0.792. The molecule has 1 N–H and O–H groups in total. The third-order valence-corrected chi connectivity index (χ3v) is 2.58. The number of nitrogens with one attached hydrogen (secondary N) is 1. The van der Waals surface area contributed by atoms with Gasteiger partial charge in [-0.25, -0.2) is 17.2 Å². The number of rotatable bonds is 7. The van der Waals surface area contributed by atoms with Crippen molar-refractivity contribution in [3.8, 4) is 0 Å².